The molecule has 1 aliphatic heterocycles. The van der Waals surface area contributed by atoms with Gasteiger partial charge >= 0.3 is 11.9 Å². The number of likely N-dealkylation sites (tertiary alicyclic amines) is 1. The third-order valence-corrected chi connectivity index (χ3v) is 3.81. The minimum atomic E-state index is -0.955. The fraction of sp³-hybridized carbons (Fsp3) is 0.765. The summed E-state index contributed by atoms with van der Waals surface area (Å²) >= 11 is 0. The Morgan fingerprint density at radius 3 is 2.09 bits per heavy atom. The highest BCUT2D eigenvalue weighted by Gasteiger charge is 2.34. The van der Waals surface area contributed by atoms with Gasteiger partial charge in [-0.3, -0.25) is 9.59 Å². The zero-order chi connectivity index (χ0) is 16.4. The topological polar surface area (TPSA) is 57.0 Å². The Balaban J connectivity index is 2.63. The summed E-state index contributed by atoms with van der Waals surface area (Å²) in [6, 6.07) is 0. The predicted molar refractivity (Wildman–Crippen MR) is 83.1 cm³/mol. The first-order valence-corrected chi connectivity index (χ1v) is 8.25. The van der Waals surface area contributed by atoms with Crippen LogP contribution in [0.2, 0.25) is 0 Å². The van der Waals surface area contributed by atoms with Crippen LogP contribution >= 0.6 is 0 Å². The van der Waals surface area contributed by atoms with Crippen molar-refractivity contribution in [3.63, 3.8) is 0 Å². The van der Waals surface area contributed by atoms with Crippen molar-refractivity contribution in [2.75, 3.05) is 32.8 Å². The molecule has 0 radical (unpaired) electrons. The molecular formula is C17H28NO4+. The summed E-state index contributed by atoms with van der Waals surface area (Å²) < 4.78 is 9.95. The molecular weight excluding hydrogens is 282 g/mol. The second-order valence-corrected chi connectivity index (χ2v) is 5.58. The maximum atomic E-state index is 12.0. The molecule has 1 fully saturated rings. The first kappa shape index (κ1) is 18.5. The largest absolute Gasteiger partial charge is 0.465 e. The predicted octanol–water partition coefficient (Wildman–Crippen LogP) is 0.437. The molecule has 22 heavy (non-hydrogen) atoms. The Bertz CT molecular complexity index is 400. The number of nitrogens with one attached hydrogen (secondary N) is 1. The van der Waals surface area contributed by atoms with Gasteiger partial charge in [0.15, 0.2) is 5.92 Å². The van der Waals surface area contributed by atoms with Crippen LogP contribution in [0.4, 0.5) is 0 Å². The molecule has 1 atom stereocenters. The Labute approximate surface area is 133 Å². The Morgan fingerprint density at radius 2 is 1.59 bits per heavy atom. The lowest BCUT2D eigenvalue weighted by Gasteiger charge is -2.21. The third-order valence-electron chi connectivity index (χ3n) is 3.81. The molecule has 1 heterocycles. The fourth-order valence-corrected chi connectivity index (χ4v) is 2.62. The number of carbonyl (C=O) groups is 2. The summed E-state index contributed by atoms with van der Waals surface area (Å²) in [6.45, 7) is 8.77. The molecule has 1 rings (SSSR count). The minimum Gasteiger partial charge on any atom is -0.465 e. The lowest BCUT2D eigenvalue weighted by molar-refractivity contribution is -0.897. The van der Waals surface area contributed by atoms with E-state index >= 15 is 0 Å². The quantitative estimate of drug-likeness (QED) is 0.439. The molecule has 5 nitrogen and oxygen atoms in total. The summed E-state index contributed by atoms with van der Waals surface area (Å²) in [7, 11) is 0. The minimum absolute atomic E-state index is 0.243. The molecule has 1 saturated heterocycles. The first-order valence-electron chi connectivity index (χ1n) is 8.25. The number of esters is 2. The monoisotopic (exact) mass is 310 g/mol. The van der Waals surface area contributed by atoms with Crippen molar-refractivity contribution in [3.8, 4) is 11.8 Å². The van der Waals surface area contributed by atoms with Crippen LogP contribution in [-0.2, 0) is 19.1 Å². The summed E-state index contributed by atoms with van der Waals surface area (Å²) in [4.78, 5) is 25.4. The second kappa shape index (κ2) is 10.2. The average molecular weight is 310 g/mol. The molecule has 0 aromatic heterocycles. The van der Waals surface area contributed by atoms with Crippen molar-refractivity contribution in [2.24, 2.45) is 11.8 Å². The Kier molecular flexibility index (Phi) is 8.61. The van der Waals surface area contributed by atoms with E-state index in [1.807, 2.05) is 0 Å². The van der Waals surface area contributed by atoms with Gasteiger partial charge in [-0.2, -0.15) is 0 Å². The van der Waals surface area contributed by atoms with Crippen LogP contribution in [0.15, 0.2) is 0 Å². The zero-order valence-corrected chi connectivity index (χ0v) is 13.9. The van der Waals surface area contributed by atoms with E-state index in [0.29, 0.717) is 0 Å². The Morgan fingerprint density at radius 1 is 1.05 bits per heavy atom. The first-order chi connectivity index (χ1) is 10.6. The highest BCUT2D eigenvalue weighted by molar-refractivity contribution is 5.95. The van der Waals surface area contributed by atoms with Gasteiger partial charge in [-0.25, -0.2) is 0 Å². The van der Waals surface area contributed by atoms with Crippen molar-refractivity contribution >= 4 is 11.9 Å². The van der Waals surface area contributed by atoms with Crippen molar-refractivity contribution < 1.29 is 24.0 Å². The SMILES string of the molecule is CCOC(=O)C(C(=O)OCC)[C@@H](C)C#CC[NH+]1CCCCC1. The molecule has 0 saturated carbocycles. The van der Waals surface area contributed by atoms with Crippen LogP contribution in [0.3, 0.4) is 0 Å². The van der Waals surface area contributed by atoms with Gasteiger partial charge in [0, 0.05) is 5.92 Å². The van der Waals surface area contributed by atoms with Crippen LogP contribution < -0.4 is 4.90 Å². The van der Waals surface area contributed by atoms with Crippen LogP contribution in [0.5, 0.6) is 0 Å². The van der Waals surface area contributed by atoms with E-state index in [1.165, 1.54) is 24.2 Å². The van der Waals surface area contributed by atoms with Crippen molar-refractivity contribution in [2.45, 2.75) is 40.0 Å². The fourth-order valence-electron chi connectivity index (χ4n) is 2.62. The maximum absolute atomic E-state index is 12.0. The van der Waals surface area contributed by atoms with E-state index in [1.54, 1.807) is 20.8 Å². The van der Waals surface area contributed by atoms with E-state index in [9.17, 15) is 9.59 Å². The molecule has 5 heteroatoms. The number of ether oxygens (including phenoxy) is 2. The molecule has 1 aliphatic rings. The van der Waals surface area contributed by atoms with E-state index in [0.717, 1.165) is 19.6 Å². The van der Waals surface area contributed by atoms with Crippen LogP contribution in [-0.4, -0.2) is 44.8 Å². The third kappa shape index (κ3) is 6.07. The summed E-state index contributed by atoms with van der Waals surface area (Å²) in [5, 5.41) is 0. The highest BCUT2D eigenvalue weighted by Crippen LogP contribution is 2.15. The number of piperidine rings is 1. The van der Waals surface area contributed by atoms with E-state index < -0.39 is 23.8 Å². The van der Waals surface area contributed by atoms with E-state index in [4.69, 9.17) is 9.47 Å². The molecule has 124 valence electrons. The number of rotatable bonds is 6. The standard InChI is InChI=1S/C17H27NO4/c1-4-21-16(19)15(17(20)22-5-2)14(3)10-9-13-18-11-7-6-8-12-18/h14-15H,4-8,11-13H2,1-3H3/p+1/t14-/m0/s1. The molecule has 0 spiro atoms. The van der Waals surface area contributed by atoms with Gasteiger partial charge in [-0.05, 0) is 46.0 Å². The van der Waals surface area contributed by atoms with Gasteiger partial charge in [0.05, 0.1) is 26.3 Å². The number of hydrogen-bond acceptors (Lipinski definition) is 4. The van der Waals surface area contributed by atoms with Gasteiger partial charge < -0.3 is 14.4 Å². The van der Waals surface area contributed by atoms with Crippen molar-refractivity contribution in [1.29, 1.82) is 0 Å². The molecule has 0 bridgehead atoms. The molecule has 0 aromatic carbocycles. The zero-order valence-electron chi connectivity index (χ0n) is 13.9. The van der Waals surface area contributed by atoms with Gasteiger partial charge in [-0.1, -0.05) is 5.92 Å². The van der Waals surface area contributed by atoms with E-state index in [-0.39, 0.29) is 13.2 Å². The Hall–Kier alpha value is -1.54. The van der Waals surface area contributed by atoms with Gasteiger partial charge in [0.2, 0.25) is 0 Å². The number of carbonyl (C=O) groups excluding carboxylic acids is 2. The molecule has 0 unspecified atom stereocenters. The second-order valence-electron chi connectivity index (χ2n) is 5.58. The summed E-state index contributed by atoms with van der Waals surface area (Å²) in [5.74, 6) is 3.71. The lowest BCUT2D eigenvalue weighted by atomic mass is 9.94. The van der Waals surface area contributed by atoms with Crippen molar-refractivity contribution in [3.05, 3.63) is 0 Å². The highest BCUT2D eigenvalue weighted by atomic mass is 16.6. The van der Waals surface area contributed by atoms with Crippen LogP contribution in [0, 0.1) is 23.7 Å². The number of hydrogen-bond donors (Lipinski definition) is 1. The van der Waals surface area contributed by atoms with Crippen LogP contribution in [0.1, 0.15) is 40.0 Å². The van der Waals surface area contributed by atoms with Gasteiger partial charge in [0.25, 0.3) is 0 Å². The molecule has 0 aromatic rings. The maximum Gasteiger partial charge on any atom is 0.321 e. The van der Waals surface area contributed by atoms with Crippen molar-refractivity contribution in [1.82, 2.24) is 0 Å². The van der Waals surface area contributed by atoms with Crippen LogP contribution in [0.25, 0.3) is 0 Å². The average Bonchev–Trinajstić information content (AvgIpc) is 2.49. The number of quaternary nitrogens is 1. The normalized spacial score (nSPS) is 16.5. The molecule has 0 aliphatic carbocycles. The summed E-state index contributed by atoms with van der Waals surface area (Å²) in [5.41, 5.74) is 0. The molecule has 1 N–H and O–H groups in total. The van der Waals surface area contributed by atoms with E-state index in [2.05, 4.69) is 11.8 Å². The lowest BCUT2D eigenvalue weighted by Crippen LogP contribution is -3.12. The summed E-state index contributed by atoms with van der Waals surface area (Å²) in [6.07, 6.45) is 3.81. The van der Waals surface area contributed by atoms with Gasteiger partial charge in [0.1, 0.15) is 6.54 Å². The molecule has 0 amide bonds. The smallest absolute Gasteiger partial charge is 0.321 e. The van der Waals surface area contributed by atoms with Gasteiger partial charge in [-0.15, -0.1) is 0 Å².